The standard InChI is InChI=1S/C20H27N3O6/c1-20(2,3)19-22-17(29-23-19)7-6-8-18(25)28-12-16(24)21-14-10-9-13(26-4)11-15(14)27-5/h9-11H,6-8,12H2,1-5H3,(H,21,24). The van der Waals surface area contributed by atoms with Gasteiger partial charge in [0.25, 0.3) is 5.91 Å². The minimum Gasteiger partial charge on any atom is -0.497 e. The normalized spacial score (nSPS) is 11.1. The Hall–Kier alpha value is -3.10. The third kappa shape index (κ3) is 6.78. The smallest absolute Gasteiger partial charge is 0.306 e. The molecule has 9 nitrogen and oxygen atoms in total. The Morgan fingerprint density at radius 1 is 1.17 bits per heavy atom. The summed E-state index contributed by atoms with van der Waals surface area (Å²) in [6, 6.07) is 4.98. The number of carbonyl (C=O) groups is 2. The van der Waals surface area contributed by atoms with Crippen LogP contribution in [0.1, 0.15) is 45.3 Å². The fourth-order valence-corrected chi connectivity index (χ4v) is 2.35. The van der Waals surface area contributed by atoms with E-state index in [9.17, 15) is 9.59 Å². The highest BCUT2D eigenvalue weighted by molar-refractivity contribution is 5.94. The Morgan fingerprint density at radius 2 is 1.93 bits per heavy atom. The molecule has 1 aromatic heterocycles. The predicted molar refractivity (Wildman–Crippen MR) is 105 cm³/mol. The molecule has 0 spiro atoms. The van der Waals surface area contributed by atoms with Crippen molar-refractivity contribution in [3.8, 4) is 11.5 Å². The number of aromatic nitrogens is 2. The van der Waals surface area contributed by atoms with Crippen LogP contribution in [-0.2, 0) is 26.2 Å². The maximum atomic E-state index is 12.0. The molecule has 0 saturated carbocycles. The van der Waals surface area contributed by atoms with Gasteiger partial charge in [-0.05, 0) is 18.6 Å². The van der Waals surface area contributed by atoms with E-state index >= 15 is 0 Å². The van der Waals surface area contributed by atoms with E-state index < -0.39 is 11.9 Å². The van der Waals surface area contributed by atoms with Gasteiger partial charge in [-0.2, -0.15) is 4.98 Å². The summed E-state index contributed by atoms with van der Waals surface area (Å²) < 4.78 is 20.5. The number of rotatable bonds is 9. The van der Waals surface area contributed by atoms with Crippen molar-refractivity contribution in [1.82, 2.24) is 10.1 Å². The van der Waals surface area contributed by atoms with Gasteiger partial charge in [-0.15, -0.1) is 0 Å². The van der Waals surface area contributed by atoms with Crippen LogP contribution in [0.5, 0.6) is 11.5 Å². The molecule has 0 saturated heterocycles. The third-order valence-corrected chi connectivity index (χ3v) is 3.96. The number of methoxy groups -OCH3 is 2. The fraction of sp³-hybridized carbons (Fsp3) is 0.500. The van der Waals surface area contributed by atoms with Crippen molar-refractivity contribution in [3.63, 3.8) is 0 Å². The van der Waals surface area contributed by atoms with Crippen LogP contribution >= 0.6 is 0 Å². The molecule has 0 unspecified atom stereocenters. The molecule has 1 aromatic carbocycles. The maximum Gasteiger partial charge on any atom is 0.306 e. The number of hydrogen-bond acceptors (Lipinski definition) is 8. The van der Waals surface area contributed by atoms with E-state index in [1.54, 1.807) is 18.2 Å². The number of ether oxygens (including phenoxy) is 3. The highest BCUT2D eigenvalue weighted by Gasteiger charge is 2.21. The molecule has 1 heterocycles. The first-order valence-electron chi connectivity index (χ1n) is 9.23. The third-order valence-electron chi connectivity index (χ3n) is 3.96. The molecule has 0 fully saturated rings. The quantitative estimate of drug-likeness (QED) is 0.634. The summed E-state index contributed by atoms with van der Waals surface area (Å²) in [5.41, 5.74) is 0.265. The molecule has 0 bridgehead atoms. The van der Waals surface area contributed by atoms with E-state index in [1.807, 2.05) is 20.8 Å². The summed E-state index contributed by atoms with van der Waals surface area (Å²) in [6.07, 6.45) is 1.10. The Bertz CT molecular complexity index is 841. The van der Waals surface area contributed by atoms with Gasteiger partial charge in [0.15, 0.2) is 12.4 Å². The molecule has 0 aliphatic carbocycles. The van der Waals surface area contributed by atoms with Crippen molar-refractivity contribution in [3.05, 3.63) is 29.9 Å². The van der Waals surface area contributed by atoms with Crippen molar-refractivity contribution in [2.75, 3.05) is 26.1 Å². The van der Waals surface area contributed by atoms with Crippen LogP contribution in [0.25, 0.3) is 0 Å². The molecule has 9 heteroatoms. The summed E-state index contributed by atoms with van der Waals surface area (Å²) in [6.45, 7) is 5.59. The van der Waals surface area contributed by atoms with E-state index in [-0.39, 0.29) is 18.4 Å². The molecule has 0 radical (unpaired) electrons. The van der Waals surface area contributed by atoms with Crippen LogP contribution in [0.4, 0.5) is 5.69 Å². The molecule has 1 amide bonds. The van der Waals surface area contributed by atoms with Crippen molar-refractivity contribution < 1.29 is 28.3 Å². The summed E-state index contributed by atoms with van der Waals surface area (Å²) in [7, 11) is 3.02. The minimum absolute atomic E-state index is 0.145. The Labute approximate surface area is 169 Å². The second-order valence-corrected chi connectivity index (χ2v) is 7.39. The highest BCUT2D eigenvalue weighted by Crippen LogP contribution is 2.28. The molecular weight excluding hydrogens is 378 g/mol. The maximum absolute atomic E-state index is 12.0. The molecule has 29 heavy (non-hydrogen) atoms. The molecule has 0 aliphatic rings. The number of esters is 1. The number of nitrogens with one attached hydrogen (secondary N) is 1. The molecule has 1 N–H and O–H groups in total. The number of aryl methyl sites for hydroxylation is 1. The first-order chi connectivity index (χ1) is 13.7. The first-order valence-corrected chi connectivity index (χ1v) is 9.23. The van der Waals surface area contributed by atoms with Crippen LogP contribution in [0.15, 0.2) is 22.7 Å². The van der Waals surface area contributed by atoms with E-state index in [1.165, 1.54) is 14.2 Å². The van der Waals surface area contributed by atoms with Crippen LogP contribution in [0, 0.1) is 0 Å². The number of nitrogens with zero attached hydrogens (tertiary/aromatic N) is 2. The number of benzene rings is 1. The summed E-state index contributed by atoms with van der Waals surface area (Å²) in [5.74, 6) is 1.21. The second-order valence-electron chi connectivity index (χ2n) is 7.39. The van der Waals surface area contributed by atoms with Crippen LogP contribution in [-0.4, -0.2) is 42.8 Å². The van der Waals surface area contributed by atoms with Gasteiger partial charge in [0.2, 0.25) is 5.89 Å². The monoisotopic (exact) mass is 405 g/mol. The van der Waals surface area contributed by atoms with E-state index in [0.717, 1.165) is 0 Å². The Balaban J connectivity index is 1.73. The van der Waals surface area contributed by atoms with Gasteiger partial charge in [-0.25, -0.2) is 0 Å². The zero-order valence-corrected chi connectivity index (χ0v) is 17.4. The lowest BCUT2D eigenvalue weighted by Crippen LogP contribution is -2.21. The van der Waals surface area contributed by atoms with Gasteiger partial charge in [0.05, 0.1) is 19.9 Å². The minimum atomic E-state index is -0.475. The van der Waals surface area contributed by atoms with Gasteiger partial charge in [-0.1, -0.05) is 25.9 Å². The van der Waals surface area contributed by atoms with Crippen LogP contribution in [0.2, 0.25) is 0 Å². The Kier molecular flexibility index (Phi) is 7.58. The zero-order chi connectivity index (χ0) is 21.4. The lowest BCUT2D eigenvalue weighted by Gasteiger charge is -2.11. The van der Waals surface area contributed by atoms with Gasteiger partial charge in [0.1, 0.15) is 11.5 Å². The summed E-state index contributed by atoms with van der Waals surface area (Å²) >= 11 is 0. The lowest BCUT2D eigenvalue weighted by atomic mass is 9.96. The van der Waals surface area contributed by atoms with E-state index in [2.05, 4.69) is 15.5 Å². The molecule has 2 aromatic rings. The van der Waals surface area contributed by atoms with Crippen LogP contribution < -0.4 is 14.8 Å². The molecule has 2 rings (SSSR count). The Morgan fingerprint density at radius 3 is 2.55 bits per heavy atom. The molecule has 158 valence electrons. The van der Waals surface area contributed by atoms with E-state index in [0.29, 0.717) is 41.7 Å². The lowest BCUT2D eigenvalue weighted by molar-refractivity contribution is -0.147. The largest absolute Gasteiger partial charge is 0.497 e. The van der Waals surface area contributed by atoms with Gasteiger partial charge in [-0.3, -0.25) is 9.59 Å². The van der Waals surface area contributed by atoms with Gasteiger partial charge < -0.3 is 24.1 Å². The number of carbonyl (C=O) groups excluding carboxylic acids is 2. The average Bonchev–Trinajstić information content (AvgIpc) is 3.16. The summed E-state index contributed by atoms with van der Waals surface area (Å²) in [4.78, 5) is 28.2. The van der Waals surface area contributed by atoms with Crippen molar-refractivity contribution >= 4 is 17.6 Å². The average molecular weight is 405 g/mol. The predicted octanol–water partition coefficient (Wildman–Crippen LogP) is 2.89. The topological polar surface area (TPSA) is 113 Å². The van der Waals surface area contributed by atoms with Crippen molar-refractivity contribution in [2.45, 2.75) is 45.4 Å². The van der Waals surface area contributed by atoms with Gasteiger partial charge >= 0.3 is 5.97 Å². The number of hydrogen-bond donors (Lipinski definition) is 1. The number of anilines is 1. The van der Waals surface area contributed by atoms with E-state index in [4.69, 9.17) is 18.7 Å². The van der Waals surface area contributed by atoms with Gasteiger partial charge in [0, 0.05) is 24.3 Å². The highest BCUT2D eigenvalue weighted by atomic mass is 16.5. The van der Waals surface area contributed by atoms with Crippen molar-refractivity contribution in [2.24, 2.45) is 0 Å². The second kappa shape index (κ2) is 9.90. The SMILES string of the molecule is COc1ccc(NC(=O)COC(=O)CCCc2nc(C(C)(C)C)no2)c(OC)c1. The molecule has 0 aliphatic heterocycles. The number of amides is 1. The first kappa shape index (κ1) is 22.2. The molecule has 0 atom stereocenters. The zero-order valence-electron chi connectivity index (χ0n) is 17.4. The van der Waals surface area contributed by atoms with Crippen molar-refractivity contribution in [1.29, 1.82) is 0 Å². The summed E-state index contributed by atoms with van der Waals surface area (Å²) in [5, 5.41) is 6.57. The molecular formula is C20H27N3O6. The fourth-order valence-electron chi connectivity index (χ4n) is 2.35. The van der Waals surface area contributed by atoms with Crippen LogP contribution in [0.3, 0.4) is 0 Å².